The number of imidazole rings is 1. The molecule has 0 radical (unpaired) electrons. The van der Waals surface area contributed by atoms with Crippen molar-refractivity contribution in [3.63, 3.8) is 0 Å². The molecule has 0 aliphatic rings. The number of benzene rings is 1. The van der Waals surface area contributed by atoms with E-state index in [4.69, 9.17) is 23.4 Å². The van der Waals surface area contributed by atoms with E-state index in [2.05, 4.69) is 15.0 Å². The van der Waals surface area contributed by atoms with E-state index in [1.54, 1.807) is 19.9 Å². The standard InChI is InChI=1S/C22H20N4O7/c1-5-31-21(28)17-12(2)32-13-6-7-14(19(18(13)17)20(27)26-9-8-23-11-26)33-22-24-15(29-3)10-16(25-22)30-4/h6-11H,5H2,1-4H3. The van der Waals surface area contributed by atoms with Crippen LogP contribution < -0.4 is 14.2 Å². The van der Waals surface area contributed by atoms with Crippen LogP contribution >= 0.6 is 0 Å². The molecule has 4 aromatic rings. The smallest absolute Gasteiger partial charge is 0.342 e. The average Bonchev–Trinajstić information content (AvgIpc) is 3.46. The number of esters is 1. The molecule has 0 aliphatic heterocycles. The third-order valence-corrected chi connectivity index (χ3v) is 4.70. The molecule has 11 nitrogen and oxygen atoms in total. The Bertz CT molecular complexity index is 1310. The van der Waals surface area contributed by atoms with Crippen molar-refractivity contribution in [3.8, 4) is 23.5 Å². The van der Waals surface area contributed by atoms with E-state index in [-0.39, 0.29) is 46.6 Å². The van der Waals surface area contributed by atoms with E-state index in [1.807, 2.05) is 0 Å². The van der Waals surface area contributed by atoms with Crippen LogP contribution in [-0.4, -0.2) is 52.2 Å². The van der Waals surface area contributed by atoms with Gasteiger partial charge in [-0.15, -0.1) is 0 Å². The number of carbonyl (C=O) groups excluding carboxylic acids is 2. The molecular weight excluding hydrogens is 432 g/mol. The molecule has 0 saturated carbocycles. The lowest BCUT2D eigenvalue weighted by atomic mass is 10.0. The van der Waals surface area contributed by atoms with Gasteiger partial charge in [0.15, 0.2) is 0 Å². The molecule has 0 spiro atoms. The van der Waals surface area contributed by atoms with E-state index in [0.717, 1.165) is 0 Å². The predicted molar refractivity (Wildman–Crippen MR) is 114 cm³/mol. The van der Waals surface area contributed by atoms with Gasteiger partial charge in [-0.1, -0.05) is 0 Å². The normalized spacial score (nSPS) is 10.8. The van der Waals surface area contributed by atoms with Crippen molar-refractivity contribution in [1.29, 1.82) is 0 Å². The molecule has 0 amide bonds. The fraction of sp³-hybridized carbons (Fsp3) is 0.227. The number of aryl methyl sites for hydroxylation is 1. The van der Waals surface area contributed by atoms with Gasteiger partial charge in [-0.05, 0) is 26.0 Å². The first-order valence-electron chi connectivity index (χ1n) is 9.87. The fourth-order valence-corrected chi connectivity index (χ4v) is 3.28. The van der Waals surface area contributed by atoms with Crippen LogP contribution in [0.5, 0.6) is 23.5 Å². The summed E-state index contributed by atoms with van der Waals surface area (Å²) in [5.74, 6) is -0.333. The lowest BCUT2D eigenvalue weighted by molar-refractivity contribution is 0.0526. The number of furan rings is 1. The highest BCUT2D eigenvalue weighted by atomic mass is 16.5. The second-order valence-corrected chi connectivity index (χ2v) is 6.68. The van der Waals surface area contributed by atoms with Crippen molar-refractivity contribution in [3.05, 3.63) is 53.8 Å². The Morgan fingerprint density at radius 3 is 2.42 bits per heavy atom. The van der Waals surface area contributed by atoms with Crippen LogP contribution in [0.3, 0.4) is 0 Å². The summed E-state index contributed by atoms with van der Waals surface area (Å²) in [6, 6.07) is 4.47. The highest BCUT2D eigenvalue weighted by Crippen LogP contribution is 2.37. The number of fused-ring (bicyclic) bond motifs is 1. The van der Waals surface area contributed by atoms with Gasteiger partial charge >= 0.3 is 12.0 Å². The Kier molecular flexibility index (Phi) is 5.94. The van der Waals surface area contributed by atoms with Gasteiger partial charge < -0.3 is 23.4 Å². The molecule has 3 heterocycles. The zero-order chi connectivity index (χ0) is 23.5. The first-order chi connectivity index (χ1) is 16.0. The maximum atomic E-state index is 13.5. The maximum absolute atomic E-state index is 13.5. The summed E-state index contributed by atoms with van der Waals surface area (Å²) in [5, 5.41) is 0.247. The lowest BCUT2D eigenvalue weighted by Gasteiger charge is -2.12. The summed E-state index contributed by atoms with van der Waals surface area (Å²) in [6.45, 7) is 3.47. The highest BCUT2D eigenvalue weighted by molar-refractivity contribution is 6.16. The van der Waals surface area contributed by atoms with Crippen LogP contribution in [-0.2, 0) is 4.74 Å². The van der Waals surface area contributed by atoms with Crippen LogP contribution in [0.4, 0.5) is 0 Å². The molecule has 0 fully saturated rings. The second-order valence-electron chi connectivity index (χ2n) is 6.68. The Hall–Kier alpha value is -4.41. The number of aromatic nitrogens is 4. The SMILES string of the molecule is CCOC(=O)c1c(C)oc2ccc(Oc3nc(OC)cc(OC)n3)c(C(=O)n3ccnc3)c12. The molecular formula is C22H20N4O7. The summed E-state index contributed by atoms with van der Waals surface area (Å²) < 4.78 is 28.4. The van der Waals surface area contributed by atoms with Crippen molar-refractivity contribution >= 4 is 22.8 Å². The predicted octanol–water partition coefficient (Wildman–Crippen LogP) is 3.40. The minimum absolute atomic E-state index is 0.0517. The summed E-state index contributed by atoms with van der Waals surface area (Å²) in [6.07, 6.45) is 4.28. The molecule has 0 aliphatic carbocycles. The molecule has 0 bridgehead atoms. The third-order valence-electron chi connectivity index (χ3n) is 4.70. The van der Waals surface area contributed by atoms with Crippen molar-refractivity contribution in [1.82, 2.24) is 19.5 Å². The van der Waals surface area contributed by atoms with Gasteiger partial charge in [0.25, 0.3) is 5.91 Å². The number of ether oxygens (including phenoxy) is 4. The summed E-state index contributed by atoms with van der Waals surface area (Å²) in [7, 11) is 2.87. The van der Waals surface area contributed by atoms with Gasteiger partial charge in [-0.25, -0.2) is 9.78 Å². The Labute approximate surface area is 187 Å². The first kappa shape index (κ1) is 21.8. The van der Waals surface area contributed by atoms with E-state index in [0.29, 0.717) is 11.3 Å². The van der Waals surface area contributed by atoms with Gasteiger partial charge in [0.2, 0.25) is 11.8 Å². The molecule has 0 N–H and O–H groups in total. The van der Waals surface area contributed by atoms with E-state index in [1.165, 1.54) is 49.6 Å². The largest absolute Gasteiger partial charge is 0.481 e. The summed E-state index contributed by atoms with van der Waals surface area (Å²) in [4.78, 5) is 38.4. The number of methoxy groups -OCH3 is 2. The van der Waals surface area contributed by atoms with Gasteiger partial charge in [-0.3, -0.25) is 9.36 Å². The maximum Gasteiger partial charge on any atom is 0.342 e. The van der Waals surface area contributed by atoms with Gasteiger partial charge in [0, 0.05) is 12.4 Å². The van der Waals surface area contributed by atoms with E-state index in [9.17, 15) is 9.59 Å². The lowest BCUT2D eigenvalue weighted by Crippen LogP contribution is -2.14. The summed E-state index contributed by atoms with van der Waals surface area (Å²) in [5.41, 5.74) is 0.496. The number of hydrogen-bond donors (Lipinski definition) is 0. The molecule has 1 aromatic carbocycles. The topological polar surface area (TPSA) is 128 Å². The number of carbonyl (C=O) groups is 2. The molecule has 11 heteroatoms. The number of nitrogens with zero attached hydrogens (tertiary/aromatic N) is 4. The van der Waals surface area contributed by atoms with Gasteiger partial charge in [0.1, 0.15) is 29.0 Å². The average molecular weight is 452 g/mol. The van der Waals surface area contributed by atoms with E-state index < -0.39 is 11.9 Å². The number of hydrogen-bond acceptors (Lipinski definition) is 10. The molecule has 3 aromatic heterocycles. The van der Waals surface area contributed by atoms with Crippen LogP contribution in [0, 0.1) is 6.92 Å². The first-order valence-corrected chi connectivity index (χ1v) is 9.87. The Balaban J connectivity index is 1.95. The summed E-state index contributed by atoms with van der Waals surface area (Å²) >= 11 is 0. The molecule has 0 atom stereocenters. The highest BCUT2D eigenvalue weighted by Gasteiger charge is 2.29. The fourth-order valence-electron chi connectivity index (χ4n) is 3.28. The molecule has 0 unspecified atom stereocenters. The molecule has 33 heavy (non-hydrogen) atoms. The minimum atomic E-state index is -0.620. The van der Waals surface area contributed by atoms with Crippen molar-refractivity contribution < 1.29 is 33.0 Å². The van der Waals surface area contributed by atoms with Gasteiger partial charge in [0.05, 0.1) is 37.8 Å². The monoisotopic (exact) mass is 452 g/mol. The Morgan fingerprint density at radius 1 is 1.09 bits per heavy atom. The zero-order valence-electron chi connectivity index (χ0n) is 18.3. The Morgan fingerprint density at radius 2 is 1.82 bits per heavy atom. The molecule has 0 saturated heterocycles. The van der Waals surface area contributed by atoms with Crippen molar-refractivity contribution in [2.75, 3.05) is 20.8 Å². The second kappa shape index (κ2) is 8.99. The van der Waals surface area contributed by atoms with Gasteiger partial charge in [-0.2, -0.15) is 9.97 Å². The van der Waals surface area contributed by atoms with Crippen molar-refractivity contribution in [2.45, 2.75) is 13.8 Å². The quantitative estimate of drug-likeness (QED) is 0.385. The molecule has 170 valence electrons. The van der Waals surface area contributed by atoms with Crippen LogP contribution in [0.15, 0.2) is 41.3 Å². The van der Waals surface area contributed by atoms with Crippen molar-refractivity contribution in [2.24, 2.45) is 0 Å². The van der Waals surface area contributed by atoms with Crippen LogP contribution in [0.1, 0.15) is 33.4 Å². The van der Waals surface area contributed by atoms with Crippen LogP contribution in [0.25, 0.3) is 11.0 Å². The zero-order valence-corrected chi connectivity index (χ0v) is 18.3. The molecule has 4 rings (SSSR count). The van der Waals surface area contributed by atoms with Crippen LogP contribution in [0.2, 0.25) is 0 Å². The number of rotatable bonds is 7. The third kappa shape index (κ3) is 4.07. The van der Waals surface area contributed by atoms with E-state index >= 15 is 0 Å². The minimum Gasteiger partial charge on any atom is -0.481 e.